The van der Waals surface area contributed by atoms with Crippen molar-refractivity contribution in [1.29, 1.82) is 0 Å². The average molecular weight is 290 g/mol. The Bertz CT molecular complexity index is 599. The van der Waals surface area contributed by atoms with E-state index in [0.717, 1.165) is 22.3 Å². The molecule has 1 aliphatic heterocycles. The summed E-state index contributed by atoms with van der Waals surface area (Å²) in [6, 6.07) is 9.91. The van der Waals surface area contributed by atoms with Crippen LogP contribution < -0.4 is 5.48 Å². The smallest absolute Gasteiger partial charge is 0.209 e. The van der Waals surface area contributed by atoms with Crippen molar-refractivity contribution in [2.24, 2.45) is 12.0 Å². The van der Waals surface area contributed by atoms with Gasteiger partial charge in [-0.1, -0.05) is 42.1 Å². The highest BCUT2D eigenvalue weighted by molar-refractivity contribution is 7.99. The van der Waals surface area contributed by atoms with Crippen molar-refractivity contribution in [3.05, 3.63) is 35.9 Å². The molecular weight excluding hydrogens is 276 g/mol. The van der Waals surface area contributed by atoms with Crippen LogP contribution in [0.4, 0.5) is 0 Å². The summed E-state index contributed by atoms with van der Waals surface area (Å²) >= 11 is 1.55. The fourth-order valence-electron chi connectivity index (χ4n) is 1.75. The first-order valence-corrected chi connectivity index (χ1v) is 7.18. The number of nitrogens with one attached hydrogen (secondary N) is 1. The maximum Gasteiger partial charge on any atom is 0.209 e. The summed E-state index contributed by atoms with van der Waals surface area (Å²) in [5, 5.41) is 12.1. The highest BCUT2D eigenvalue weighted by atomic mass is 32.2. The van der Waals surface area contributed by atoms with Crippen molar-refractivity contribution in [3.63, 3.8) is 0 Å². The lowest BCUT2D eigenvalue weighted by atomic mass is 10.2. The Morgan fingerprint density at radius 3 is 2.90 bits per heavy atom. The number of nitrogens with zero attached hydrogens (tertiary/aromatic N) is 5. The zero-order chi connectivity index (χ0) is 13.8. The fourth-order valence-corrected chi connectivity index (χ4v) is 2.57. The number of hydrogen-bond donors (Lipinski definition) is 1. The van der Waals surface area contributed by atoms with Crippen molar-refractivity contribution in [2.75, 3.05) is 12.3 Å². The Kier molecular flexibility index (Phi) is 3.93. The second kappa shape index (κ2) is 6.02. The Morgan fingerprint density at radius 2 is 2.25 bits per heavy atom. The van der Waals surface area contributed by atoms with Gasteiger partial charge in [0.05, 0.1) is 6.54 Å². The first-order valence-electron chi connectivity index (χ1n) is 6.19. The van der Waals surface area contributed by atoms with Crippen LogP contribution in [0.3, 0.4) is 0 Å². The SMILES string of the molecule is Cn1nnnc1SC[C@@H]1CN=C(c2ccccc2)NO1. The molecule has 0 aliphatic carbocycles. The minimum atomic E-state index is 0.00385. The van der Waals surface area contributed by atoms with Gasteiger partial charge >= 0.3 is 0 Å². The molecule has 7 nitrogen and oxygen atoms in total. The van der Waals surface area contributed by atoms with E-state index in [1.807, 2.05) is 37.4 Å². The number of hydroxylamine groups is 1. The van der Waals surface area contributed by atoms with Gasteiger partial charge in [-0.25, -0.2) is 10.2 Å². The Morgan fingerprint density at radius 1 is 1.40 bits per heavy atom. The number of amidine groups is 1. The predicted octanol–water partition coefficient (Wildman–Crippen LogP) is 0.652. The molecule has 1 atom stereocenters. The molecule has 1 aliphatic rings. The van der Waals surface area contributed by atoms with Gasteiger partial charge in [-0.3, -0.25) is 9.83 Å². The summed E-state index contributed by atoms with van der Waals surface area (Å²) in [5.41, 5.74) is 3.93. The number of aliphatic imine (C=N–C) groups is 1. The molecule has 1 aromatic heterocycles. The summed E-state index contributed by atoms with van der Waals surface area (Å²) in [5.74, 6) is 1.51. The molecule has 2 aromatic rings. The Balaban J connectivity index is 1.56. The summed E-state index contributed by atoms with van der Waals surface area (Å²) in [6.07, 6.45) is 0.00385. The molecule has 0 saturated carbocycles. The fraction of sp³-hybridized carbons (Fsp3) is 0.333. The standard InChI is InChI=1S/C12H14N6OS/c1-18-12(14-16-17-18)20-8-10-7-13-11(15-19-10)9-5-3-2-4-6-9/h2-6,10H,7-8H2,1H3,(H,13,15)/t10-/m0/s1. The molecule has 0 bridgehead atoms. The van der Waals surface area contributed by atoms with Gasteiger partial charge in [-0.05, 0) is 10.4 Å². The van der Waals surface area contributed by atoms with Crippen LogP contribution in [0.5, 0.6) is 0 Å². The second-order valence-electron chi connectivity index (χ2n) is 4.29. The molecule has 20 heavy (non-hydrogen) atoms. The Labute approximate surface area is 120 Å². The summed E-state index contributed by atoms with van der Waals surface area (Å²) < 4.78 is 1.64. The van der Waals surface area contributed by atoms with Crippen molar-refractivity contribution < 1.29 is 4.84 Å². The number of aromatic nitrogens is 4. The lowest BCUT2D eigenvalue weighted by Gasteiger charge is -2.22. The van der Waals surface area contributed by atoms with E-state index in [0.29, 0.717) is 6.54 Å². The van der Waals surface area contributed by atoms with E-state index in [2.05, 4.69) is 26.0 Å². The van der Waals surface area contributed by atoms with E-state index in [1.54, 1.807) is 16.4 Å². The van der Waals surface area contributed by atoms with Crippen LogP contribution in [0.2, 0.25) is 0 Å². The molecule has 0 radical (unpaired) electrons. The van der Waals surface area contributed by atoms with E-state index in [1.165, 1.54) is 0 Å². The minimum Gasteiger partial charge on any atom is -0.269 e. The maximum atomic E-state index is 5.60. The van der Waals surface area contributed by atoms with Gasteiger partial charge in [0.2, 0.25) is 5.16 Å². The summed E-state index contributed by atoms with van der Waals surface area (Å²) in [4.78, 5) is 10.1. The molecular formula is C12H14N6OS. The monoisotopic (exact) mass is 290 g/mol. The average Bonchev–Trinajstić information content (AvgIpc) is 2.92. The number of rotatable bonds is 4. The van der Waals surface area contributed by atoms with E-state index < -0.39 is 0 Å². The van der Waals surface area contributed by atoms with Crippen molar-refractivity contribution in [3.8, 4) is 0 Å². The molecule has 1 N–H and O–H groups in total. The van der Waals surface area contributed by atoms with Crippen LogP contribution in [0.1, 0.15) is 5.56 Å². The normalized spacial score (nSPS) is 18.4. The number of aryl methyl sites for hydroxylation is 1. The molecule has 0 fully saturated rings. The van der Waals surface area contributed by atoms with E-state index in [9.17, 15) is 0 Å². The summed E-state index contributed by atoms with van der Waals surface area (Å²) in [7, 11) is 1.81. The molecule has 104 valence electrons. The third-order valence-electron chi connectivity index (χ3n) is 2.80. The van der Waals surface area contributed by atoms with Crippen LogP contribution in [-0.4, -0.2) is 44.4 Å². The third kappa shape index (κ3) is 2.97. The van der Waals surface area contributed by atoms with Crippen LogP contribution in [-0.2, 0) is 11.9 Å². The van der Waals surface area contributed by atoms with Gasteiger partial charge in [-0.15, -0.1) is 5.10 Å². The number of tetrazole rings is 1. The first-order chi connectivity index (χ1) is 9.83. The Hall–Kier alpha value is -1.93. The third-order valence-corrected chi connectivity index (χ3v) is 3.94. The van der Waals surface area contributed by atoms with Crippen molar-refractivity contribution in [1.82, 2.24) is 25.7 Å². The van der Waals surface area contributed by atoms with E-state index >= 15 is 0 Å². The molecule has 0 amide bonds. The molecule has 0 spiro atoms. The van der Waals surface area contributed by atoms with Crippen molar-refractivity contribution >= 4 is 17.6 Å². The largest absolute Gasteiger partial charge is 0.269 e. The second-order valence-corrected chi connectivity index (χ2v) is 5.28. The number of benzene rings is 1. The highest BCUT2D eigenvalue weighted by Gasteiger charge is 2.18. The summed E-state index contributed by atoms with van der Waals surface area (Å²) in [6.45, 7) is 0.621. The quantitative estimate of drug-likeness (QED) is 0.833. The molecule has 8 heteroatoms. The van der Waals surface area contributed by atoms with Gasteiger partial charge in [0.15, 0.2) is 5.84 Å². The zero-order valence-corrected chi connectivity index (χ0v) is 11.7. The predicted molar refractivity (Wildman–Crippen MR) is 75.4 cm³/mol. The molecule has 2 heterocycles. The topological polar surface area (TPSA) is 77.2 Å². The lowest BCUT2D eigenvalue weighted by Crippen LogP contribution is -2.38. The van der Waals surface area contributed by atoms with Crippen LogP contribution in [0.25, 0.3) is 0 Å². The maximum absolute atomic E-state index is 5.60. The molecule has 0 unspecified atom stereocenters. The number of thioether (sulfide) groups is 1. The minimum absolute atomic E-state index is 0.00385. The highest BCUT2D eigenvalue weighted by Crippen LogP contribution is 2.16. The van der Waals surface area contributed by atoms with Gasteiger partial charge in [0.1, 0.15) is 6.10 Å². The van der Waals surface area contributed by atoms with Gasteiger partial charge in [0, 0.05) is 18.4 Å². The van der Waals surface area contributed by atoms with Crippen LogP contribution in [0.15, 0.2) is 40.5 Å². The van der Waals surface area contributed by atoms with Crippen LogP contribution >= 0.6 is 11.8 Å². The first kappa shape index (κ1) is 13.1. The molecule has 3 rings (SSSR count). The van der Waals surface area contributed by atoms with Crippen molar-refractivity contribution in [2.45, 2.75) is 11.3 Å². The number of hydrogen-bond acceptors (Lipinski definition) is 7. The van der Waals surface area contributed by atoms with Crippen LogP contribution in [0, 0.1) is 0 Å². The molecule has 1 aromatic carbocycles. The van der Waals surface area contributed by atoms with E-state index in [4.69, 9.17) is 4.84 Å². The lowest BCUT2D eigenvalue weighted by molar-refractivity contribution is 0.0212. The van der Waals surface area contributed by atoms with Gasteiger partial charge < -0.3 is 0 Å². The molecule has 0 saturated heterocycles. The zero-order valence-electron chi connectivity index (χ0n) is 10.9. The van der Waals surface area contributed by atoms with Gasteiger partial charge in [-0.2, -0.15) is 0 Å². The van der Waals surface area contributed by atoms with Gasteiger partial charge in [0.25, 0.3) is 0 Å². The van der Waals surface area contributed by atoms with E-state index in [-0.39, 0.29) is 6.10 Å².